The molecule has 0 aliphatic rings. The number of nitrogens with one attached hydrogen (secondary N) is 2. The van der Waals surface area contributed by atoms with Crippen LogP contribution in [-0.4, -0.2) is 33.0 Å². The molecule has 1 aromatic carbocycles. The zero-order chi connectivity index (χ0) is 13.7. The summed E-state index contributed by atoms with van der Waals surface area (Å²) in [7, 11) is -3.50. The molecular weight excluding hydrogens is 262 g/mol. The van der Waals surface area contributed by atoms with Crippen molar-refractivity contribution in [2.75, 3.05) is 19.6 Å². The standard InChI is InChI=1S/C13H17N3O2S/c1-2-14-9-10-16-19(17,18)13-7-3-6-12-11(13)5-4-8-15-12/h3-8,14,16H,2,9-10H2,1H3. The fourth-order valence-corrected chi connectivity index (χ4v) is 3.08. The lowest BCUT2D eigenvalue weighted by atomic mass is 10.2. The highest BCUT2D eigenvalue weighted by Gasteiger charge is 2.16. The Kier molecular flexibility index (Phi) is 4.47. The average Bonchev–Trinajstić information content (AvgIpc) is 2.43. The summed E-state index contributed by atoms with van der Waals surface area (Å²) < 4.78 is 27.1. The first kappa shape index (κ1) is 13.9. The SMILES string of the molecule is CCNCCNS(=O)(=O)c1cccc2ncccc12. The minimum Gasteiger partial charge on any atom is -0.316 e. The van der Waals surface area contributed by atoms with Crippen molar-refractivity contribution in [3.05, 3.63) is 36.5 Å². The van der Waals surface area contributed by atoms with Crippen LogP contribution in [0.25, 0.3) is 10.9 Å². The monoisotopic (exact) mass is 279 g/mol. The van der Waals surface area contributed by atoms with E-state index in [0.29, 0.717) is 24.0 Å². The first-order valence-electron chi connectivity index (χ1n) is 6.19. The average molecular weight is 279 g/mol. The fraction of sp³-hybridized carbons (Fsp3) is 0.308. The van der Waals surface area contributed by atoms with Gasteiger partial charge in [-0.1, -0.05) is 13.0 Å². The van der Waals surface area contributed by atoms with Crippen molar-refractivity contribution in [1.29, 1.82) is 0 Å². The molecule has 0 spiro atoms. The van der Waals surface area contributed by atoms with Gasteiger partial charge in [0.2, 0.25) is 10.0 Å². The minimum atomic E-state index is -3.50. The Hall–Kier alpha value is -1.50. The second kappa shape index (κ2) is 6.10. The topological polar surface area (TPSA) is 71.1 Å². The molecule has 0 bridgehead atoms. The van der Waals surface area contributed by atoms with Gasteiger partial charge in [-0.25, -0.2) is 13.1 Å². The van der Waals surface area contributed by atoms with Crippen LogP contribution in [0.2, 0.25) is 0 Å². The quantitative estimate of drug-likeness (QED) is 0.777. The molecule has 6 heteroatoms. The molecule has 1 aromatic heterocycles. The molecule has 0 fully saturated rings. The molecule has 0 atom stereocenters. The van der Waals surface area contributed by atoms with Crippen LogP contribution in [0.3, 0.4) is 0 Å². The van der Waals surface area contributed by atoms with E-state index in [1.807, 2.05) is 6.92 Å². The first-order chi connectivity index (χ1) is 9.15. The van der Waals surface area contributed by atoms with Gasteiger partial charge < -0.3 is 5.32 Å². The Labute approximate surface area is 113 Å². The molecule has 1 heterocycles. The Morgan fingerprint density at radius 2 is 2.00 bits per heavy atom. The van der Waals surface area contributed by atoms with E-state index in [2.05, 4.69) is 15.0 Å². The molecule has 2 rings (SSSR count). The van der Waals surface area contributed by atoms with Gasteiger partial charge in [0.15, 0.2) is 0 Å². The minimum absolute atomic E-state index is 0.273. The first-order valence-corrected chi connectivity index (χ1v) is 7.67. The van der Waals surface area contributed by atoms with Crippen molar-refractivity contribution in [3.63, 3.8) is 0 Å². The number of fused-ring (bicyclic) bond motifs is 1. The van der Waals surface area contributed by atoms with E-state index in [9.17, 15) is 8.42 Å². The van der Waals surface area contributed by atoms with E-state index in [1.165, 1.54) is 0 Å². The van der Waals surface area contributed by atoms with Crippen LogP contribution in [0.5, 0.6) is 0 Å². The summed E-state index contributed by atoms with van der Waals surface area (Å²) >= 11 is 0. The van der Waals surface area contributed by atoms with Crippen LogP contribution < -0.4 is 10.0 Å². The van der Waals surface area contributed by atoms with E-state index in [4.69, 9.17) is 0 Å². The molecule has 0 saturated carbocycles. The van der Waals surface area contributed by atoms with E-state index in [1.54, 1.807) is 36.5 Å². The number of pyridine rings is 1. The number of aromatic nitrogens is 1. The summed E-state index contributed by atoms with van der Waals surface area (Å²) in [5.41, 5.74) is 0.678. The van der Waals surface area contributed by atoms with Crippen molar-refractivity contribution in [1.82, 2.24) is 15.0 Å². The number of hydrogen-bond donors (Lipinski definition) is 2. The molecule has 0 saturated heterocycles. The van der Waals surface area contributed by atoms with Gasteiger partial charge in [0.1, 0.15) is 0 Å². The molecular formula is C13H17N3O2S. The van der Waals surface area contributed by atoms with Gasteiger partial charge in [0.05, 0.1) is 10.4 Å². The van der Waals surface area contributed by atoms with Crippen molar-refractivity contribution in [3.8, 4) is 0 Å². The van der Waals surface area contributed by atoms with Crippen LogP contribution >= 0.6 is 0 Å². The van der Waals surface area contributed by atoms with Crippen LogP contribution in [0.15, 0.2) is 41.4 Å². The Bertz CT molecular complexity index is 650. The number of rotatable bonds is 6. The molecule has 0 unspecified atom stereocenters. The third-order valence-corrected chi connectivity index (χ3v) is 4.26. The highest BCUT2D eigenvalue weighted by Crippen LogP contribution is 2.20. The van der Waals surface area contributed by atoms with Gasteiger partial charge in [-0.2, -0.15) is 0 Å². The van der Waals surface area contributed by atoms with Crippen molar-refractivity contribution in [2.24, 2.45) is 0 Å². The van der Waals surface area contributed by atoms with Gasteiger partial charge in [-0.15, -0.1) is 0 Å². The summed E-state index contributed by atoms with van der Waals surface area (Å²) in [5, 5.41) is 3.71. The second-order valence-corrected chi connectivity index (χ2v) is 5.81. The summed E-state index contributed by atoms with van der Waals surface area (Å²) in [6.07, 6.45) is 1.65. The van der Waals surface area contributed by atoms with Gasteiger partial charge >= 0.3 is 0 Å². The van der Waals surface area contributed by atoms with Crippen LogP contribution in [0.1, 0.15) is 6.92 Å². The Morgan fingerprint density at radius 1 is 1.16 bits per heavy atom. The number of benzene rings is 1. The second-order valence-electron chi connectivity index (χ2n) is 4.08. The molecule has 5 nitrogen and oxygen atoms in total. The maximum Gasteiger partial charge on any atom is 0.241 e. The van der Waals surface area contributed by atoms with E-state index in [-0.39, 0.29) is 4.90 Å². The Morgan fingerprint density at radius 3 is 2.79 bits per heavy atom. The summed E-state index contributed by atoms with van der Waals surface area (Å²) in [6.45, 7) is 3.77. The maximum atomic E-state index is 12.2. The van der Waals surface area contributed by atoms with Crippen LogP contribution in [0.4, 0.5) is 0 Å². The van der Waals surface area contributed by atoms with Crippen LogP contribution in [0, 0.1) is 0 Å². The van der Waals surface area contributed by atoms with Crippen LogP contribution in [-0.2, 0) is 10.0 Å². The zero-order valence-corrected chi connectivity index (χ0v) is 11.6. The Balaban J connectivity index is 2.28. The molecule has 2 N–H and O–H groups in total. The highest BCUT2D eigenvalue weighted by molar-refractivity contribution is 7.89. The lowest BCUT2D eigenvalue weighted by molar-refractivity contribution is 0.578. The smallest absolute Gasteiger partial charge is 0.241 e. The predicted molar refractivity (Wildman–Crippen MR) is 75.5 cm³/mol. The highest BCUT2D eigenvalue weighted by atomic mass is 32.2. The zero-order valence-electron chi connectivity index (χ0n) is 10.8. The molecule has 102 valence electrons. The van der Waals surface area contributed by atoms with Gasteiger partial charge in [-0.05, 0) is 30.8 Å². The maximum absolute atomic E-state index is 12.2. The molecule has 0 aliphatic heterocycles. The molecule has 0 amide bonds. The molecule has 0 radical (unpaired) electrons. The van der Waals surface area contributed by atoms with Crippen molar-refractivity contribution >= 4 is 20.9 Å². The van der Waals surface area contributed by atoms with E-state index >= 15 is 0 Å². The third-order valence-electron chi connectivity index (χ3n) is 2.74. The molecule has 19 heavy (non-hydrogen) atoms. The van der Waals surface area contributed by atoms with Gasteiger partial charge in [0.25, 0.3) is 0 Å². The summed E-state index contributed by atoms with van der Waals surface area (Å²) in [6, 6.07) is 8.60. The predicted octanol–water partition coefficient (Wildman–Crippen LogP) is 1.12. The summed E-state index contributed by atoms with van der Waals surface area (Å²) in [5.74, 6) is 0. The summed E-state index contributed by atoms with van der Waals surface area (Å²) in [4.78, 5) is 4.43. The largest absolute Gasteiger partial charge is 0.316 e. The number of hydrogen-bond acceptors (Lipinski definition) is 4. The molecule has 2 aromatic rings. The van der Waals surface area contributed by atoms with E-state index < -0.39 is 10.0 Å². The van der Waals surface area contributed by atoms with Crippen molar-refractivity contribution < 1.29 is 8.42 Å². The number of likely N-dealkylation sites (N-methyl/N-ethyl adjacent to an activating group) is 1. The lowest BCUT2D eigenvalue weighted by Crippen LogP contribution is -2.31. The van der Waals surface area contributed by atoms with E-state index in [0.717, 1.165) is 6.54 Å². The fourth-order valence-electron chi connectivity index (χ4n) is 1.84. The third kappa shape index (κ3) is 3.28. The van der Waals surface area contributed by atoms with Gasteiger partial charge in [0, 0.05) is 24.7 Å². The number of nitrogens with zero attached hydrogens (tertiary/aromatic N) is 1. The van der Waals surface area contributed by atoms with Gasteiger partial charge in [-0.3, -0.25) is 4.98 Å². The molecule has 0 aliphatic carbocycles. The lowest BCUT2D eigenvalue weighted by Gasteiger charge is -2.09. The van der Waals surface area contributed by atoms with Crippen molar-refractivity contribution in [2.45, 2.75) is 11.8 Å². The normalized spacial score (nSPS) is 11.8. The number of sulfonamides is 1.